The summed E-state index contributed by atoms with van der Waals surface area (Å²) in [6, 6.07) is 18.9. The van der Waals surface area contributed by atoms with Crippen LogP contribution in [0.4, 0.5) is 5.69 Å². The summed E-state index contributed by atoms with van der Waals surface area (Å²) in [4.78, 5) is 4.45. The molecule has 2 nitrogen and oxygen atoms in total. The van der Waals surface area contributed by atoms with Gasteiger partial charge in [0, 0.05) is 11.1 Å². The minimum Gasteiger partial charge on any atom is -0.379 e. The highest BCUT2D eigenvalue weighted by molar-refractivity contribution is 7.09. The summed E-state index contributed by atoms with van der Waals surface area (Å²) in [5.41, 5.74) is 4.70. The summed E-state index contributed by atoms with van der Waals surface area (Å²) in [6.45, 7) is 2.80. The molecule has 1 aromatic heterocycles. The van der Waals surface area contributed by atoms with Crippen molar-refractivity contribution in [3.8, 4) is 11.1 Å². The zero-order chi connectivity index (χ0) is 13.8. The maximum absolute atomic E-state index is 4.45. The van der Waals surface area contributed by atoms with Gasteiger partial charge in [0.2, 0.25) is 0 Å². The lowest BCUT2D eigenvalue weighted by atomic mass is 10.1. The number of thiazole rings is 1. The monoisotopic (exact) mass is 280 g/mol. The molecule has 100 valence electrons. The van der Waals surface area contributed by atoms with E-state index in [4.69, 9.17) is 0 Å². The van der Waals surface area contributed by atoms with Gasteiger partial charge in [-0.1, -0.05) is 42.5 Å². The molecule has 0 atom stereocenters. The molecule has 0 fully saturated rings. The van der Waals surface area contributed by atoms with Crippen molar-refractivity contribution in [3.05, 3.63) is 70.7 Å². The molecule has 0 radical (unpaired) electrons. The Kier molecular flexibility index (Phi) is 3.79. The second-order valence-corrected chi connectivity index (χ2v) is 5.72. The summed E-state index contributed by atoms with van der Waals surface area (Å²) in [7, 11) is 0. The van der Waals surface area contributed by atoms with Gasteiger partial charge in [-0.3, -0.25) is 0 Å². The largest absolute Gasteiger partial charge is 0.379 e. The van der Waals surface area contributed by atoms with Crippen LogP contribution in [-0.2, 0) is 6.54 Å². The highest BCUT2D eigenvalue weighted by Crippen LogP contribution is 2.21. The van der Waals surface area contributed by atoms with Crippen LogP contribution in [0, 0.1) is 6.92 Å². The predicted molar refractivity (Wildman–Crippen MR) is 86.1 cm³/mol. The molecule has 0 amide bonds. The molecule has 0 aliphatic rings. The summed E-state index contributed by atoms with van der Waals surface area (Å²) >= 11 is 1.69. The smallest absolute Gasteiger partial charge is 0.0898 e. The molecule has 1 heterocycles. The molecule has 0 spiro atoms. The molecule has 0 saturated heterocycles. The van der Waals surface area contributed by atoms with E-state index < -0.39 is 0 Å². The number of hydrogen-bond donors (Lipinski definition) is 1. The fraction of sp³-hybridized carbons (Fsp3) is 0.118. The molecule has 1 N–H and O–H groups in total. The fourth-order valence-corrected chi connectivity index (χ4v) is 2.71. The number of nitrogens with one attached hydrogen (secondary N) is 1. The van der Waals surface area contributed by atoms with Crippen molar-refractivity contribution in [1.29, 1.82) is 0 Å². The second kappa shape index (κ2) is 5.88. The fourth-order valence-electron chi connectivity index (χ4n) is 2.09. The SMILES string of the molecule is Cc1nc(CNc2ccc(-c3ccccc3)cc2)cs1. The third-order valence-electron chi connectivity index (χ3n) is 3.13. The van der Waals surface area contributed by atoms with Gasteiger partial charge >= 0.3 is 0 Å². The van der Waals surface area contributed by atoms with Gasteiger partial charge in [0.1, 0.15) is 0 Å². The van der Waals surface area contributed by atoms with Crippen molar-refractivity contribution in [2.24, 2.45) is 0 Å². The van der Waals surface area contributed by atoms with Gasteiger partial charge in [0.25, 0.3) is 0 Å². The van der Waals surface area contributed by atoms with Crippen molar-refractivity contribution in [1.82, 2.24) is 4.98 Å². The Balaban J connectivity index is 1.67. The van der Waals surface area contributed by atoms with Crippen LogP contribution in [0.15, 0.2) is 60.0 Å². The van der Waals surface area contributed by atoms with Gasteiger partial charge in [0.05, 0.1) is 17.2 Å². The van der Waals surface area contributed by atoms with Gasteiger partial charge in [-0.15, -0.1) is 11.3 Å². The highest BCUT2D eigenvalue weighted by atomic mass is 32.1. The first-order valence-electron chi connectivity index (χ1n) is 6.61. The van der Waals surface area contributed by atoms with Gasteiger partial charge in [-0.25, -0.2) is 4.98 Å². The molecule has 0 unspecified atom stereocenters. The first-order chi connectivity index (χ1) is 9.81. The van der Waals surface area contributed by atoms with E-state index in [-0.39, 0.29) is 0 Å². The number of benzene rings is 2. The second-order valence-electron chi connectivity index (χ2n) is 4.65. The van der Waals surface area contributed by atoms with Crippen LogP contribution in [0.5, 0.6) is 0 Å². The van der Waals surface area contributed by atoms with Crippen LogP contribution in [0.2, 0.25) is 0 Å². The Labute approximate surface area is 123 Å². The van der Waals surface area contributed by atoms with Crippen molar-refractivity contribution < 1.29 is 0 Å². The predicted octanol–water partition coefficient (Wildman–Crippen LogP) is 4.73. The lowest BCUT2D eigenvalue weighted by Gasteiger charge is -2.06. The first kappa shape index (κ1) is 12.9. The topological polar surface area (TPSA) is 24.9 Å². The number of aryl methyl sites for hydroxylation is 1. The molecule has 0 aliphatic heterocycles. The Morgan fingerprint density at radius 3 is 2.30 bits per heavy atom. The van der Waals surface area contributed by atoms with E-state index in [1.807, 2.05) is 13.0 Å². The molecule has 0 saturated carbocycles. The van der Waals surface area contributed by atoms with Crippen LogP contribution < -0.4 is 5.32 Å². The molecule has 20 heavy (non-hydrogen) atoms. The summed E-state index contributed by atoms with van der Waals surface area (Å²) in [5.74, 6) is 0. The van der Waals surface area contributed by atoms with Crippen LogP contribution in [0.3, 0.4) is 0 Å². The van der Waals surface area contributed by atoms with E-state index in [9.17, 15) is 0 Å². The third-order valence-corrected chi connectivity index (χ3v) is 3.95. The number of nitrogens with zero attached hydrogens (tertiary/aromatic N) is 1. The van der Waals surface area contributed by atoms with Gasteiger partial charge in [-0.05, 0) is 30.2 Å². The summed E-state index contributed by atoms with van der Waals surface area (Å²) < 4.78 is 0. The average Bonchev–Trinajstić information content (AvgIpc) is 2.92. The van der Waals surface area contributed by atoms with E-state index in [2.05, 4.69) is 64.2 Å². The molecule has 2 aromatic carbocycles. The Morgan fingerprint density at radius 1 is 0.950 bits per heavy atom. The molecule has 0 bridgehead atoms. The van der Waals surface area contributed by atoms with Crippen LogP contribution in [-0.4, -0.2) is 4.98 Å². The normalized spacial score (nSPS) is 10.4. The van der Waals surface area contributed by atoms with E-state index in [0.717, 1.165) is 22.9 Å². The van der Waals surface area contributed by atoms with Crippen molar-refractivity contribution in [2.75, 3.05) is 5.32 Å². The van der Waals surface area contributed by atoms with Gasteiger partial charge in [0.15, 0.2) is 0 Å². The average molecular weight is 280 g/mol. The third kappa shape index (κ3) is 3.06. The Bertz CT molecular complexity index is 672. The lowest BCUT2D eigenvalue weighted by molar-refractivity contribution is 1.05. The van der Waals surface area contributed by atoms with E-state index in [1.54, 1.807) is 11.3 Å². The number of anilines is 1. The zero-order valence-electron chi connectivity index (χ0n) is 11.3. The number of hydrogen-bond acceptors (Lipinski definition) is 3. The standard InChI is InChI=1S/C17H16N2S/c1-13-19-17(12-20-13)11-18-16-9-7-15(8-10-16)14-5-3-2-4-6-14/h2-10,12,18H,11H2,1H3. The van der Waals surface area contributed by atoms with Crippen LogP contribution >= 0.6 is 11.3 Å². The Morgan fingerprint density at radius 2 is 1.65 bits per heavy atom. The summed E-state index contributed by atoms with van der Waals surface area (Å²) in [5, 5.41) is 6.61. The maximum atomic E-state index is 4.45. The van der Waals surface area contributed by atoms with Crippen LogP contribution in [0.1, 0.15) is 10.7 Å². The van der Waals surface area contributed by atoms with Gasteiger partial charge < -0.3 is 5.32 Å². The number of rotatable bonds is 4. The van der Waals surface area contributed by atoms with E-state index >= 15 is 0 Å². The minimum absolute atomic E-state index is 0.773. The van der Waals surface area contributed by atoms with Gasteiger partial charge in [-0.2, -0.15) is 0 Å². The number of aromatic nitrogens is 1. The maximum Gasteiger partial charge on any atom is 0.0898 e. The molecule has 3 rings (SSSR count). The first-order valence-corrected chi connectivity index (χ1v) is 7.49. The molecular weight excluding hydrogens is 264 g/mol. The molecule has 3 heteroatoms. The molecule has 3 aromatic rings. The van der Waals surface area contributed by atoms with E-state index in [1.165, 1.54) is 11.1 Å². The van der Waals surface area contributed by atoms with E-state index in [0.29, 0.717) is 0 Å². The zero-order valence-corrected chi connectivity index (χ0v) is 12.2. The molecule has 0 aliphatic carbocycles. The molecular formula is C17H16N2S. The van der Waals surface area contributed by atoms with Crippen molar-refractivity contribution in [3.63, 3.8) is 0 Å². The minimum atomic E-state index is 0.773. The highest BCUT2D eigenvalue weighted by Gasteiger charge is 2.00. The lowest BCUT2D eigenvalue weighted by Crippen LogP contribution is -1.99. The Hall–Kier alpha value is -2.13. The quantitative estimate of drug-likeness (QED) is 0.747. The summed E-state index contributed by atoms with van der Waals surface area (Å²) in [6.07, 6.45) is 0. The van der Waals surface area contributed by atoms with Crippen molar-refractivity contribution in [2.45, 2.75) is 13.5 Å². The van der Waals surface area contributed by atoms with Crippen molar-refractivity contribution >= 4 is 17.0 Å². The van der Waals surface area contributed by atoms with Crippen LogP contribution in [0.25, 0.3) is 11.1 Å².